The lowest BCUT2D eigenvalue weighted by Gasteiger charge is -2.22. The number of hydrogen-bond donors (Lipinski definition) is 1. The molecule has 19 heavy (non-hydrogen) atoms. The molecule has 0 aromatic heterocycles. The molecular weight excluding hydrogens is 256 g/mol. The lowest BCUT2D eigenvalue weighted by atomic mass is 10.1. The van der Waals surface area contributed by atoms with E-state index < -0.39 is 0 Å². The van der Waals surface area contributed by atoms with Crippen molar-refractivity contribution in [3.05, 3.63) is 20.3 Å². The van der Waals surface area contributed by atoms with Gasteiger partial charge in [-0.15, -0.1) is 0 Å². The highest BCUT2D eigenvalue weighted by Gasteiger charge is 2.16. The summed E-state index contributed by atoms with van der Waals surface area (Å²) in [5.41, 5.74) is 1.82. The first kappa shape index (κ1) is 18.3. The van der Waals surface area contributed by atoms with Gasteiger partial charge in [0.05, 0.1) is 10.2 Å². The molecule has 4 heteroatoms. The Bertz CT molecular complexity index is 422. The molecule has 0 saturated carbocycles. The van der Waals surface area contributed by atoms with Crippen LogP contribution in [-0.4, -0.2) is 26.7 Å². The fraction of sp³-hybridized carbons (Fsp3) is 0.733. The van der Waals surface area contributed by atoms with E-state index in [2.05, 4.69) is 26.1 Å². The predicted octanol–water partition coefficient (Wildman–Crippen LogP) is 3.20. The van der Waals surface area contributed by atoms with Gasteiger partial charge in [-0.05, 0) is 38.4 Å². The Morgan fingerprint density at radius 3 is 2.26 bits per heavy atom. The molecule has 1 rings (SSSR count). The summed E-state index contributed by atoms with van der Waals surface area (Å²) in [6.45, 7) is 11.3. The molecule has 0 atom stereocenters. The van der Waals surface area contributed by atoms with E-state index in [4.69, 9.17) is 12.2 Å². The van der Waals surface area contributed by atoms with Crippen molar-refractivity contribution in [3.8, 4) is 0 Å². The van der Waals surface area contributed by atoms with Crippen LogP contribution in [0.15, 0.2) is 4.79 Å². The minimum atomic E-state index is 0.0384. The molecule has 0 heterocycles. The highest BCUT2D eigenvalue weighted by molar-refractivity contribution is 7.71. The molecule has 0 saturated heterocycles. The average Bonchev–Trinajstić information content (AvgIpc) is 2.39. The standard InChI is InChI=1S/C12H20N2OS.C3H8/c1-4-6-13-7-5-8-14(3)10-9(2)12(16)11(10)15;1-3-2/h13H,4-8H2,1-3H3;3H2,1-2H3. The van der Waals surface area contributed by atoms with Crippen molar-refractivity contribution in [2.75, 3.05) is 31.6 Å². The van der Waals surface area contributed by atoms with Crippen molar-refractivity contribution in [1.29, 1.82) is 0 Å². The molecule has 1 aromatic rings. The van der Waals surface area contributed by atoms with Crippen LogP contribution in [0.25, 0.3) is 0 Å². The van der Waals surface area contributed by atoms with E-state index in [1.54, 1.807) is 0 Å². The molecule has 1 aromatic carbocycles. The summed E-state index contributed by atoms with van der Waals surface area (Å²) < 4.78 is 0.506. The summed E-state index contributed by atoms with van der Waals surface area (Å²) in [6, 6.07) is 0. The molecule has 0 aliphatic carbocycles. The molecule has 0 unspecified atom stereocenters. The van der Waals surface area contributed by atoms with Crippen LogP contribution < -0.4 is 15.6 Å². The third-order valence-corrected chi connectivity index (χ3v) is 3.26. The van der Waals surface area contributed by atoms with E-state index in [1.165, 1.54) is 6.42 Å². The Balaban J connectivity index is 0.000000982. The van der Waals surface area contributed by atoms with Gasteiger partial charge in [0.25, 0.3) is 0 Å². The third-order valence-electron chi connectivity index (χ3n) is 2.77. The van der Waals surface area contributed by atoms with Crippen molar-refractivity contribution in [1.82, 2.24) is 5.32 Å². The van der Waals surface area contributed by atoms with E-state index in [-0.39, 0.29) is 5.43 Å². The summed E-state index contributed by atoms with van der Waals surface area (Å²) in [7, 11) is 1.96. The summed E-state index contributed by atoms with van der Waals surface area (Å²) in [5.74, 6) is 0. The molecule has 0 amide bonds. The summed E-state index contributed by atoms with van der Waals surface area (Å²) in [4.78, 5) is 13.5. The molecule has 0 fully saturated rings. The summed E-state index contributed by atoms with van der Waals surface area (Å²) in [6.07, 6.45) is 3.46. The summed E-state index contributed by atoms with van der Waals surface area (Å²) >= 11 is 4.95. The van der Waals surface area contributed by atoms with E-state index in [0.717, 1.165) is 43.7 Å². The first-order valence-corrected chi connectivity index (χ1v) is 7.63. The van der Waals surface area contributed by atoms with Gasteiger partial charge in [-0.3, -0.25) is 4.79 Å². The normalized spacial score (nSPS) is 10.2. The van der Waals surface area contributed by atoms with Crippen molar-refractivity contribution in [2.24, 2.45) is 0 Å². The van der Waals surface area contributed by atoms with Crippen molar-refractivity contribution in [2.45, 2.75) is 47.0 Å². The van der Waals surface area contributed by atoms with Crippen LogP contribution in [-0.2, 0) is 0 Å². The number of rotatable bonds is 7. The van der Waals surface area contributed by atoms with E-state index in [1.807, 2.05) is 18.9 Å². The Morgan fingerprint density at radius 1 is 1.21 bits per heavy atom. The lowest BCUT2D eigenvalue weighted by Crippen LogP contribution is -2.31. The minimum Gasteiger partial charge on any atom is -0.371 e. The van der Waals surface area contributed by atoms with Gasteiger partial charge >= 0.3 is 0 Å². The van der Waals surface area contributed by atoms with Crippen LogP contribution in [0, 0.1) is 11.4 Å². The van der Waals surface area contributed by atoms with Crippen LogP contribution in [0.5, 0.6) is 0 Å². The van der Waals surface area contributed by atoms with Crippen molar-refractivity contribution in [3.63, 3.8) is 0 Å². The van der Waals surface area contributed by atoms with Gasteiger partial charge in [0.1, 0.15) is 0 Å². The molecule has 0 bridgehead atoms. The van der Waals surface area contributed by atoms with Crippen LogP contribution >= 0.6 is 12.2 Å². The number of hydrogen-bond acceptors (Lipinski definition) is 4. The maximum absolute atomic E-state index is 11.5. The monoisotopic (exact) mass is 284 g/mol. The molecule has 1 N–H and O–H groups in total. The first-order valence-electron chi connectivity index (χ1n) is 7.22. The second-order valence-corrected chi connectivity index (χ2v) is 5.27. The van der Waals surface area contributed by atoms with Gasteiger partial charge < -0.3 is 10.2 Å². The Hall–Kier alpha value is -0.740. The second-order valence-electron chi connectivity index (χ2n) is 4.86. The predicted molar refractivity (Wildman–Crippen MR) is 87.7 cm³/mol. The van der Waals surface area contributed by atoms with Gasteiger partial charge in [-0.25, -0.2) is 0 Å². The van der Waals surface area contributed by atoms with E-state index >= 15 is 0 Å². The smallest absolute Gasteiger partial charge is 0.220 e. The Labute approximate surface area is 122 Å². The van der Waals surface area contributed by atoms with Gasteiger partial charge in [0, 0.05) is 13.6 Å². The molecule has 0 spiro atoms. The molecular formula is C15H28N2OS. The molecule has 0 radical (unpaired) electrons. The third kappa shape index (κ3) is 5.83. The van der Waals surface area contributed by atoms with Crippen molar-refractivity contribution < 1.29 is 0 Å². The number of nitrogens with one attached hydrogen (secondary N) is 1. The maximum Gasteiger partial charge on any atom is 0.220 e. The van der Waals surface area contributed by atoms with Crippen LogP contribution in [0.1, 0.15) is 45.6 Å². The number of anilines is 1. The minimum absolute atomic E-state index is 0.0384. The highest BCUT2D eigenvalue weighted by atomic mass is 32.1. The Kier molecular flexibility index (Phi) is 9.70. The Morgan fingerprint density at radius 2 is 1.79 bits per heavy atom. The van der Waals surface area contributed by atoms with E-state index in [9.17, 15) is 4.79 Å². The zero-order valence-corrected chi connectivity index (χ0v) is 13.8. The average molecular weight is 284 g/mol. The fourth-order valence-electron chi connectivity index (χ4n) is 1.81. The van der Waals surface area contributed by atoms with Crippen molar-refractivity contribution >= 4 is 17.9 Å². The fourth-order valence-corrected chi connectivity index (χ4v) is 2.00. The lowest BCUT2D eigenvalue weighted by molar-refractivity contribution is 0.636. The molecule has 0 aliphatic rings. The molecule has 0 aliphatic heterocycles. The highest BCUT2D eigenvalue weighted by Crippen LogP contribution is 2.18. The van der Waals surface area contributed by atoms with Crippen LogP contribution in [0.4, 0.5) is 5.69 Å². The first-order chi connectivity index (χ1) is 9.01. The SMILES string of the molecule is CCC.CCCNCCCN(C)c1c(C)c(=S)c1=O. The van der Waals surface area contributed by atoms with Gasteiger partial charge in [-0.2, -0.15) is 0 Å². The number of nitrogens with zero attached hydrogens (tertiary/aromatic N) is 1. The quantitative estimate of drug-likeness (QED) is 0.615. The second kappa shape index (κ2) is 10.1. The van der Waals surface area contributed by atoms with Gasteiger partial charge in [-0.1, -0.05) is 39.4 Å². The van der Waals surface area contributed by atoms with Crippen LogP contribution in [0.3, 0.4) is 0 Å². The molecule has 3 nitrogen and oxygen atoms in total. The topological polar surface area (TPSA) is 32.3 Å². The van der Waals surface area contributed by atoms with E-state index in [0.29, 0.717) is 4.51 Å². The maximum atomic E-state index is 11.5. The largest absolute Gasteiger partial charge is 0.371 e. The zero-order chi connectivity index (χ0) is 14.8. The summed E-state index contributed by atoms with van der Waals surface area (Å²) in [5, 5.41) is 3.34. The van der Waals surface area contributed by atoms with Crippen LogP contribution in [0.2, 0.25) is 0 Å². The van der Waals surface area contributed by atoms with Gasteiger partial charge in [0.15, 0.2) is 0 Å². The zero-order valence-electron chi connectivity index (χ0n) is 13.0. The molecule has 110 valence electrons. The van der Waals surface area contributed by atoms with Gasteiger partial charge in [0.2, 0.25) is 5.43 Å².